The van der Waals surface area contributed by atoms with Crippen LogP contribution in [0.2, 0.25) is 0 Å². The van der Waals surface area contributed by atoms with Gasteiger partial charge in [0.1, 0.15) is 0 Å². The van der Waals surface area contributed by atoms with Gasteiger partial charge in [0.2, 0.25) is 0 Å². The van der Waals surface area contributed by atoms with Crippen LogP contribution in [0.25, 0.3) is 0 Å². The van der Waals surface area contributed by atoms with E-state index in [9.17, 15) is 0 Å². The van der Waals surface area contributed by atoms with Crippen molar-refractivity contribution < 1.29 is 0 Å². The van der Waals surface area contributed by atoms with E-state index in [4.69, 9.17) is 6.42 Å². The maximum absolute atomic E-state index is 5.46. The van der Waals surface area contributed by atoms with Crippen LogP contribution in [0.1, 0.15) is 52.9 Å². The molecule has 1 aliphatic heterocycles. The SMILES string of the molecule is C#CCC(CC)N1CCC(NCCC)CC1C. The monoisotopic (exact) mass is 236 g/mol. The van der Waals surface area contributed by atoms with E-state index < -0.39 is 0 Å². The quantitative estimate of drug-likeness (QED) is 0.713. The highest BCUT2D eigenvalue weighted by molar-refractivity contribution is 4.94. The molecule has 1 N–H and O–H groups in total. The second-order valence-electron chi connectivity index (χ2n) is 5.23. The molecular formula is C15H28N2. The van der Waals surface area contributed by atoms with Crippen molar-refractivity contribution >= 4 is 0 Å². The molecule has 0 radical (unpaired) electrons. The van der Waals surface area contributed by atoms with Crippen molar-refractivity contribution in [1.82, 2.24) is 10.2 Å². The summed E-state index contributed by atoms with van der Waals surface area (Å²) >= 11 is 0. The van der Waals surface area contributed by atoms with Gasteiger partial charge in [-0.2, -0.15) is 0 Å². The largest absolute Gasteiger partial charge is 0.314 e. The van der Waals surface area contributed by atoms with E-state index in [2.05, 4.69) is 36.9 Å². The number of rotatable bonds is 6. The van der Waals surface area contributed by atoms with Gasteiger partial charge in [-0.25, -0.2) is 0 Å². The zero-order chi connectivity index (χ0) is 12.7. The average Bonchev–Trinajstić information content (AvgIpc) is 2.34. The van der Waals surface area contributed by atoms with Gasteiger partial charge in [0, 0.05) is 31.1 Å². The molecular weight excluding hydrogens is 208 g/mol. The highest BCUT2D eigenvalue weighted by Crippen LogP contribution is 2.22. The van der Waals surface area contributed by atoms with Crippen molar-refractivity contribution in [2.24, 2.45) is 0 Å². The molecule has 1 aliphatic rings. The van der Waals surface area contributed by atoms with Gasteiger partial charge in [-0.3, -0.25) is 4.90 Å². The highest BCUT2D eigenvalue weighted by Gasteiger charge is 2.28. The summed E-state index contributed by atoms with van der Waals surface area (Å²) in [5, 5.41) is 3.64. The molecule has 0 aromatic carbocycles. The third kappa shape index (κ3) is 4.33. The molecule has 0 saturated carbocycles. The average molecular weight is 236 g/mol. The number of likely N-dealkylation sites (tertiary alicyclic amines) is 1. The van der Waals surface area contributed by atoms with Crippen LogP contribution in [-0.2, 0) is 0 Å². The predicted molar refractivity (Wildman–Crippen MR) is 75.0 cm³/mol. The second kappa shape index (κ2) is 7.74. The lowest BCUT2D eigenvalue weighted by Gasteiger charge is -2.42. The van der Waals surface area contributed by atoms with Crippen LogP contribution in [0.5, 0.6) is 0 Å². The molecule has 3 unspecified atom stereocenters. The first-order valence-electron chi connectivity index (χ1n) is 7.15. The summed E-state index contributed by atoms with van der Waals surface area (Å²) in [6.45, 7) is 9.17. The number of nitrogens with zero attached hydrogens (tertiary/aromatic N) is 1. The van der Waals surface area contributed by atoms with Crippen molar-refractivity contribution in [2.75, 3.05) is 13.1 Å². The first-order valence-corrected chi connectivity index (χ1v) is 7.15. The van der Waals surface area contributed by atoms with Gasteiger partial charge in [0.05, 0.1) is 0 Å². The molecule has 0 aliphatic carbocycles. The van der Waals surface area contributed by atoms with Crippen LogP contribution in [0.15, 0.2) is 0 Å². The Balaban J connectivity index is 2.43. The van der Waals surface area contributed by atoms with Crippen LogP contribution >= 0.6 is 0 Å². The molecule has 1 heterocycles. The van der Waals surface area contributed by atoms with Crippen molar-refractivity contribution in [2.45, 2.75) is 71.0 Å². The Bertz CT molecular complexity index is 244. The van der Waals surface area contributed by atoms with Crippen LogP contribution in [0, 0.1) is 12.3 Å². The number of hydrogen-bond donors (Lipinski definition) is 1. The third-order valence-electron chi connectivity index (χ3n) is 3.90. The van der Waals surface area contributed by atoms with Gasteiger partial charge in [0.25, 0.3) is 0 Å². The van der Waals surface area contributed by atoms with Gasteiger partial charge in [-0.1, -0.05) is 13.8 Å². The molecule has 0 aromatic rings. The Morgan fingerprint density at radius 3 is 2.76 bits per heavy atom. The number of nitrogens with one attached hydrogen (secondary N) is 1. The highest BCUT2D eigenvalue weighted by atomic mass is 15.2. The van der Waals surface area contributed by atoms with Crippen molar-refractivity contribution in [3.8, 4) is 12.3 Å². The van der Waals surface area contributed by atoms with Gasteiger partial charge < -0.3 is 5.32 Å². The zero-order valence-corrected chi connectivity index (χ0v) is 11.7. The summed E-state index contributed by atoms with van der Waals surface area (Å²) in [7, 11) is 0. The summed E-state index contributed by atoms with van der Waals surface area (Å²) in [6, 6.07) is 1.96. The van der Waals surface area contributed by atoms with Gasteiger partial charge >= 0.3 is 0 Å². The van der Waals surface area contributed by atoms with Crippen LogP contribution in [0.4, 0.5) is 0 Å². The standard InChI is InChI=1S/C15H28N2/c1-5-8-15(7-3)17-11-9-14(12-13(17)4)16-10-6-2/h1,13-16H,6-12H2,2-4H3. The second-order valence-corrected chi connectivity index (χ2v) is 5.23. The Morgan fingerprint density at radius 2 is 2.24 bits per heavy atom. The fraction of sp³-hybridized carbons (Fsp3) is 0.867. The molecule has 3 atom stereocenters. The predicted octanol–water partition coefficient (Wildman–Crippen LogP) is 2.64. The molecule has 2 nitrogen and oxygen atoms in total. The third-order valence-corrected chi connectivity index (χ3v) is 3.90. The fourth-order valence-electron chi connectivity index (χ4n) is 2.90. The molecule has 0 bridgehead atoms. The Morgan fingerprint density at radius 1 is 1.47 bits per heavy atom. The maximum atomic E-state index is 5.46. The van der Waals surface area contributed by atoms with E-state index in [0.29, 0.717) is 18.1 Å². The Kier molecular flexibility index (Phi) is 6.62. The summed E-state index contributed by atoms with van der Waals surface area (Å²) in [4.78, 5) is 2.62. The summed E-state index contributed by atoms with van der Waals surface area (Å²) < 4.78 is 0. The maximum Gasteiger partial charge on any atom is 0.0242 e. The molecule has 17 heavy (non-hydrogen) atoms. The van der Waals surface area contributed by atoms with Gasteiger partial charge in [-0.15, -0.1) is 12.3 Å². The number of piperidine rings is 1. The lowest BCUT2D eigenvalue weighted by atomic mass is 9.94. The normalized spacial score (nSPS) is 27.6. The smallest absolute Gasteiger partial charge is 0.0242 e. The summed E-state index contributed by atoms with van der Waals surface area (Å²) in [5.74, 6) is 2.82. The van der Waals surface area contributed by atoms with E-state index >= 15 is 0 Å². The number of hydrogen-bond acceptors (Lipinski definition) is 2. The summed E-state index contributed by atoms with van der Waals surface area (Å²) in [5.41, 5.74) is 0. The Hall–Kier alpha value is -0.520. The molecule has 1 saturated heterocycles. The molecule has 0 amide bonds. The van der Waals surface area contributed by atoms with Crippen LogP contribution < -0.4 is 5.32 Å². The van der Waals surface area contributed by atoms with E-state index in [1.807, 2.05) is 0 Å². The molecule has 0 spiro atoms. The van der Waals surface area contributed by atoms with Crippen molar-refractivity contribution in [3.05, 3.63) is 0 Å². The lowest BCUT2D eigenvalue weighted by Crippen LogP contribution is -2.51. The first-order chi connectivity index (χ1) is 8.22. The van der Waals surface area contributed by atoms with E-state index in [1.54, 1.807) is 0 Å². The minimum atomic E-state index is 0.585. The minimum absolute atomic E-state index is 0.585. The Labute approximate surface area is 107 Å². The van der Waals surface area contributed by atoms with E-state index in [1.165, 1.54) is 32.2 Å². The first kappa shape index (κ1) is 14.5. The van der Waals surface area contributed by atoms with E-state index in [-0.39, 0.29) is 0 Å². The minimum Gasteiger partial charge on any atom is -0.314 e. The number of terminal acetylenes is 1. The van der Waals surface area contributed by atoms with Gasteiger partial charge in [-0.05, 0) is 39.2 Å². The molecule has 1 fully saturated rings. The van der Waals surface area contributed by atoms with Crippen molar-refractivity contribution in [1.29, 1.82) is 0 Å². The zero-order valence-electron chi connectivity index (χ0n) is 11.7. The molecule has 1 rings (SSSR count). The molecule has 98 valence electrons. The lowest BCUT2D eigenvalue weighted by molar-refractivity contribution is 0.0874. The summed E-state index contributed by atoms with van der Waals surface area (Å²) in [6.07, 6.45) is 11.3. The fourth-order valence-corrected chi connectivity index (χ4v) is 2.90. The van der Waals surface area contributed by atoms with E-state index in [0.717, 1.165) is 13.0 Å². The molecule has 0 aromatic heterocycles. The topological polar surface area (TPSA) is 15.3 Å². The van der Waals surface area contributed by atoms with Gasteiger partial charge in [0.15, 0.2) is 0 Å². The van der Waals surface area contributed by atoms with Crippen LogP contribution in [-0.4, -0.2) is 36.1 Å². The molecule has 2 heteroatoms. The van der Waals surface area contributed by atoms with Crippen LogP contribution in [0.3, 0.4) is 0 Å². The van der Waals surface area contributed by atoms with Crippen molar-refractivity contribution in [3.63, 3.8) is 0 Å².